The Bertz CT molecular complexity index is 86.2. The van der Waals surface area contributed by atoms with E-state index < -0.39 is 0 Å². The first kappa shape index (κ1) is 11.7. The van der Waals surface area contributed by atoms with Gasteiger partial charge in [-0.05, 0) is 31.1 Å². The van der Waals surface area contributed by atoms with E-state index in [1.54, 1.807) is 0 Å². The van der Waals surface area contributed by atoms with E-state index in [1.807, 2.05) is 30.4 Å². The summed E-state index contributed by atoms with van der Waals surface area (Å²) in [6.45, 7) is 3.93. The van der Waals surface area contributed by atoms with Crippen molar-refractivity contribution in [2.75, 3.05) is 17.8 Å². The molecular formula is C8H18OS2. The summed E-state index contributed by atoms with van der Waals surface area (Å²) >= 11 is 3.75. The van der Waals surface area contributed by atoms with Gasteiger partial charge in [0, 0.05) is 5.25 Å². The lowest BCUT2D eigenvalue weighted by atomic mass is 10.3. The van der Waals surface area contributed by atoms with Gasteiger partial charge in [-0.1, -0.05) is 6.92 Å². The lowest BCUT2D eigenvalue weighted by Crippen LogP contribution is -2.15. The molecule has 11 heavy (non-hydrogen) atoms. The molecule has 0 spiro atoms. The maximum Gasteiger partial charge on any atom is 0.0627 e. The van der Waals surface area contributed by atoms with Gasteiger partial charge in [-0.2, -0.15) is 23.5 Å². The SMILES string of the molecule is CSCCCSC(C)C(C)O. The number of thioether (sulfide) groups is 2. The summed E-state index contributed by atoms with van der Waals surface area (Å²) in [5.41, 5.74) is 0. The lowest BCUT2D eigenvalue weighted by molar-refractivity contribution is 0.196. The van der Waals surface area contributed by atoms with Gasteiger partial charge in [0.15, 0.2) is 0 Å². The lowest BCUT2D eigenvalue weighted by Gasteiger charge is -2.13. The molecule has 68 valence electrons. The number of rotatable bonds is 6. The van der Waals surface area contributed by atoms with Gasteiger partial charge in [0.2, 0.25) is 0 Å². The highest BCUT2D eigenvalue weighted by Crippen LogP contribution is 2.15. The summed E-state index contributed by atoms with van der Waals surface area (Å²) in [5, 5.41) is 9.54. The summed E-state index contributed by atoms with van der Waals surface area (Å²) in [7, 11) is 0. The molecule has 0 aromatic carbocycles. The highest BCUT2D eigenvalue weighted by Gasteiger charge is 2.07. The van der Waals surface area contributed by atoms with Crippen molar-refractivity contribution in [2.45, 2.75) is 31.6 Å². The number of hydrogen-bond acceptors (Lipinski definition) is 3. The fourth-order valence-corrected chi connectivity index (χ4v) is 2.19. The van der Waals surface area contributed by atoms with Crippen molar-refractivity contribution in [3.8, 4) is 0 Å². The summed E-state index contributed by atoms with van der Waals surface area (Å²) in [5.74, 6) is 2.41. The minimum atomic E-state index is -0.172. The van der Waals surface area contributed by atoms with E-state index in [9.17, 15) is 0 Å². The standard InChI is InChI=1S/C8H18OS2/c1-7(9)8(2)11-6-4-5-10-3/h7-9H,4-6H2,1-3H3. The third-order valence-electron chi connectivity index (χ3n) is 1.55. The molecule has 0 aliphatic heterocycles. The molecule has 3 heteroatoms. The number of hydrogen-bond donors (Lipinski definition) is 1. The van der Waals surface area contributed by atoms with Crippen molar-refractivity contribution in [1.82, 2.24) is 0 Å². The topological polar surface area (TPSA) is 20.2 Å². The van der Waals surface area contributed by atoms with E-state index in [0.717, 1.165) is 0 Å². The molecule has 0 saturated heterocycles. The van der Waals surface area contributed by atoms with Crippen molar-refractivity contribution in [3.05, 3.63) is 0 Å². The van der Waals surface area contributed by atoms with Crippen LogP contribution in [0.4, 0.5) is 0 Å². The number of aliphatic hydroxyl groups excluding tert-OH is 1. The van der Waals surface area contributed by atoms with Gasteiger partial charge >= 0.3 is 0 Å². The molecule has 2 atom stereocenters. The molecule has 0 rings (SSSR count). The molecule has 0 aliphatic carbocycles. The molecule has 1 N–H and O–H groups in total. The van der Waals surface area contributed by atoms with E-state index in [4.69, 9.17) is 5.11 Å². The van der Waals surface area contributed by atoms with Crippen molar-refractivity contribution in [3.63, 3.8) is 0 Å². The summed E-state index contributed by atoms with van der Waals surface area (Å²) in [6.07, 6.45) is 3.21. The van der Waals surface area contributed by atoms with Gasteiger partial charge in [-0.25, -0.2) is 0 Å². The smallest absolute Gasteiger partial charge is 0.0627 e. The van der Waals surface area contributed by atoms with Gasteiger partial charge in [0.05, 0.1) is 6.10 Å². The third-order valence-corrected chi connectivity index (χ3v) is 3.69. The summed E-state index contributed by atoms with van der Waals surface area (Å²) in [4.78, 5) is 0. The van der Waals surface area contributed by atoms with E-state index in [0.29, 0.717) is 5.25 Å². The first-order chi connectivity index (χ1) is 5.18. The van der Waals surface area contributed by atoms with Gasteiger partial charge in [0.25, 0.3) is 0 Å². The van der Waals surface area contributed by atoms with Crippen LogP contribution in [0.3, 0.4) is 0 Å². The van der Waals surface area contributed by atoms with E-state index in [2.05, 4.69) is 13.2 Å². The average molecular weight is 194 g/mol. The first-order valence-electron chi connectivity index (χ1n) is 3.97. The second-order valence-corrected chi connectivity index (χ2v) is 5.13. The predicted octanol–water partition coefficient (Wildman–Crippen LogP) is 2.24. The van der Waals surface area contributed by atoms with Crippen molar-refractivity contribution in [2.24, 2.45) is 0 Å². The van der Waals surface area contributed by atoms with Crippen molar-refractivity contribution < 1.29 is 5.11 Å². The van der Waals surface area contributed by atoms with Crippen molar-refractivity contribution in [1.29, 1.82) is 0 Å². The zero-order valence-electron chi connectivity index (χ0n) is 7.54. The maximum atomic E-state index is 9.15. The fourth-order valence-electron chi connectivity index (χ4n) is 0.612. The van der Waals surface area contributed by atoms with Crippen LogP contribution >= 0.6 is 23.5 Å². The Morgan fingerprint density at radius 1 is 1.27 bits per heavy atom. The molecule has 0 heterocycles. The molecule has 0 saturated carbocycles. The van der Waals surface area contributed by atoms with Crippen LogP contribution in [0.5, 0.6) is 0 Å². The third kappa shape index (κ3) is 7.04. The molecule has 0 aromatic rings. The van der Waals surface area contributed by atoms with Gasteiger partial charge in [-0.3, -0.25) is 0 Å². The Labute approximate surface area is 78.3 Å². The second-order valence-electron chi connectivity index (χ2n) is 2.66. The molecule has 0 bridgehead atoms. The van der Waals surface area contributed by atoms with Crippen LogP contribution in [-0.2, 0) is 0 Å². The minimum absolute atomic E-state index is 0.172. The first-order valence-corrected chi connectivity index (χ1v) is 6.41. The Hall–Kier alpha value is 0.660. The normalized spacial score (nSPS) is 16.4. The molecule has 1 nitrogen and oxygen atoms in total. The Morgan fingerprint density at radius 3 is 2.36 bits per heavy atom. The summed E-state index contributed by atoms with van der Waals surface area (Å²) < 4.78 is 0. The zero-order chi connectivity index (χ0) is 8.69. The molecule has 2 unspecified atom stereocenters. The van der Waals surface area contributed by atoms with Crippen LogP contribution in [0.25, 0.3) is 0 Å². The van der Waals surface area contributed by atoms with Crippen molar-refractivity contribution >= 4 is 23.5 Å². The van der Waals surface area contributed by atoms with E-state index >= 15 is 0 Å². The Kier molecular flexibility index (Phi) is 7.76. The Morgan fingerprint density at radius 2 is 1.91 bits per heavy atom. The van der Waals surface area contributed by atoms with E-state index in [1.165, 1.54) is 17.9 Å². The molecule has 0 radical (unpaired) electrons. The molecular weight excluding hydrogens is 176 g/mol. The van der Waals surface area contributed by atoms with Crippen LogP contribution in [0, 0.1) is 0 Å². The highest BCUT2D eigenvalue weighted by atomic mass is 32.2. The Balaban J connectivity index is 3.10. The van der Waals surface area contributed by atoms with Gasteiger partial charge in [0.1, 0.15) is 0 Å². The zero-order valence-corrected chi connectivity index (χ0v) is 9.17. The average Bonchev–Trinajstić information content (AvgIpc) is 1.97. The molecule has 0 fully saturated rings. The predicted molar refractivity (Wildman–Crippen MR) is 56.6 cm³/mol. The summed E-state index contributed by atoms with van der Waals surface area (Å²) in [6, 6.07) is 0. The van der Waals surface area contributed by atoms with Crippen LogP contribution in [0.15, 0.2) is 0 Å². The van der Waals surface area contributed by atoms with Crippen LogP contribution < -0.4 is 0 Å². The van der Waals surface area contributed by atoms with Crippen LogP contribution in [0.1, 0.15) is 20.3 Å². The van der Waals surface area contributed by atoms with E-state index in [-0.39, 0.29) is 6.10 Å². The molecule has 0 aliphatic rings. The quantitative estimate of drug-likeness (QED) is 0.655. The largest absolute Gasteiger partial charge is 0.392 e. The maximum absolute atomic E-state index is 9.15. The van der Waals surface area contributed by atoms with Crippen LogP contribution in [0.2, 0.25) is 0 Å². The number of aliphatic hydroxyl groups is 1. The molecule has 0 amide bonds. The molecule has 0 aromatic heterocycles. The van der Waals surface area contributed by atoms with Gasteiger partial charge < -0.3 is 5.11 Å². The highest BCUT2D eigenvalue weighted by molar-refractivity contribution is 8.00. The fraction of sp³-hybridized carbons (Fsp3) is 1.00. The van der Waals surface area contributed by atoms with Gasteiger partial charge in [-0.15, -0.1) is 0 Å². The second kappa shape index (κ2) is 7.32. The monoisotopic (exact) mass is 194 g/mol. The minimum Gasteiger partial charge on any atom is -0.392 e. The van der Waals surface area contributed by atoms with Crippen LogP contribution in [-0.4, -0.2) is 34.2 Å².